The van der Waals surface area contributed by atoms with E-state index in [-0.39, 0.29) is 6.61 Å². The Morgan fingerprint density at radius 1 is 1.39 bits per heavy atom. The van der Waals surface area contributed by atoms with Crippen molar-refractivity contribution in [3.8, 4) is 5.69 Å². The quantitative estimate of drug-likeness (QED) is 0.508. The number of esters is 1. The van der Waals surface area contributed by atoms with Gasteiger partial charge in [-0.25, -0.2) is 9.78 Å². The number of carbonyl (C=O) groups excluding carboxylic acids is 1. The number of nitrogens with zero attached hydrogens (tertiary/aromatic N) is 4. The summed E-state index contributed by atoms with van der Waals surface area (Å²) in [4.78, 5) is 16.7. The van der Waals surface area contributed by atoms with Gasteiger partial charge in [-0.1, -0.05) is 46.1 Å². The lowest BCUT2D eigenvalue weighted by Gasteiger charge is -2.10. The summed E-state index contributed by atoms with van der Waals surface area (Å²) in [5.74, 6) is -0.495. The number of halogens is 1. The number of para-hydroxylation sites is 1. The van der Waals surface area contributed by atoms with Gasteiger partial charge in [0.25, 0.3) is 0 Å². The van der Waals surface area contributed by atoms with Crippen molar-refractivity contribution in [2.45, 2.75) is 11.8 Å². The van der Waals surface area contributed by atoms with Crippen LogP contribution >= 0.6 is 34.9 Å². The molecule has 9 heteroatoms. The standard InChI is InChI=1S/C14H11ClN4O2S2/c1-22-14-16-7-11(19(14)9-5-3-2-4-6-9)13(20)21-8-10-12(15)23-18-17-10/h2-7H,8H2,1H3. The molecule has 1 aromatic carbocycles. The van der Waals surface area contributed by atoms with Crippen LogP contribution in [0.15, 0.2) is 41.7 Å². The van der Waals surface area contributed by atoms with Crippen LogP contribution in [0, 0.1) is 0 Å². The molecule has 6 nitrogen and oxygen atoms in total. The molecule has 3 rings (SSSR count). The van der Waals surface area contributed by atoms with Crippen molar-refractivity contribution >= 4 is 40.9 Å². The molecule has 23 heavy (non-hydrogen) atoms. The summed E-state index contributed by atoms with van der Waals surface area (Å²) in [6, 6.07) is 9.51. The summed E-state index contributed by atoms with van der Waals surface area (Å²) in [6.45, 7) is -0.0251. The van der Waals surface area contributed by atoms with Crippen molar-refractivity contribution in [1.82, 2.24) is 19.1 Å². The maximum absolute atomic E-state index is 12.4. The molecular formula is C14H11ClN4O2S2. The normalized spacial score (nSPS) is 10.7. The molecule has 0 amide bonds. The summed E-state index contributed by atoms with van der Waals surface area (Å²) < 4.78 is 11.2. The lowest BCUT2D eigenvalue weighted by molar-refractivity contribution is 0.0457. The number of hydrogen-bond donors (Lipinski definition) is 0. The average molecular weight is 367 g/mol. The summed E-state index contributed by atoms with van der Waals surface area (Å²) >= 11 is 8.41. The summed E-state index contributed by atoms with van der Waals surface area (Å²) in [7, 11) is 0. The van der Waals surface area contributed by atoms with E-state index in [4.69, 9.17) is 16.3 Å². The number of thioether (sulfide) groups is 1. The molecule has 0 atom stereocenters. The smallest absolute Gasteiger partial charge is 0.357 e. The van der Waals surface area contributed by atoms with Crippen molar-refractivity contribution in [2.24, 2.45) is 0 Å². The Morgan fingerprint density at radius 3 is 2.83 bits per heavy atom. The van der Waals surface area contributed by atoms with Crippen molar-refractivity contribution in [3.05, 3.63) is 52.3 Å². The van der Waals surface area contributed by atoms with Gasteiger partial charge in [0.1, 0.15) is 16.6 Å². The minimum absolute atomic E-state index is 0.0251. The molecule has 0 N–H and O–H groups in total. The zero-order chi connectivity index (χ0) is 16.2. The fourth-order valence-electron chi connectivity index (χ4n) is 1.94. The van der Waals surface area contributed by atoms with Crippen LogP contribution in [0.5, 0.6) is 0 Å². The first-order chi connectivity index (χ1) is 11.2. The molecule has 0 aliphatic heterocycles. The van der Waals surface area contributed by atoms with E-state index in [1.807, 2.05) is 36.6 Å². The average Bonchev–Trinajstić information content (AvgIpc) is 3.19. The van der Waals surface area contributed by atoms with Crippen LogP contribution in [0.25, 0.3) is 5.69 Å². The van der Waals surface area contributed by atoms with Gasteiger partial charge in [0.2, 0.25) is 0 Å². The van der Waals surface area contributed by atoms with Gasteiger partial charge in [-0.15, -0.1) is 5.10 Å². The largest absolute Gasteiger partial charge is 0.454 e. The second-order valence-electron chi connectivity index (χ2n) is 4.37. The second-order valence-corrected chi connectivity index (χ2v) is 6.50. The van der Waals surface area contributed by atoms with E-state index in [9.17, 15) is 4.79 Å². The minimum atomic E-state index is -0.495. The molecule has 0 bridgehead atoms. The summed E-state index contributed by atoms with van der Waals surface area (Å²) in [5.41, 5.74) is 1.63. The highest BCUT2D eigenvalue weighted by molar-refractivity contribution is 7.98. The van der Waals surface area contributed by atoms with Crippen LogP contribution in [0.1, 0.15) is 16.2 Å². The number of carbonyl (C=O) groups is 1. The van der Waals surface area contributed by atoms with Crippen molar-refractivity contribution < 1.29 is 9.53 Å². The van der Waals surface area contributed by atoms with Crippen molar-refractivity contribution in [2.75, 3.05) is 6.26 Å². The fourth-order valence-corrected chi connectivity index (χ4v) is 3.09. The number of ether oxygens (including phenoxy) is 1. The Labute approximate surface area is 145 Å². The molecule has 0 radical (unpaired) electrons. The number of aromatic nitrogens is 4. The van der Waals surface area contributed by atoms with Crippen LogP contribution in [-0.4, -0.2) is 31.4 Å². The predicted molar refractivity (Wildman–Crippen MR) is 89.4 cm³/mol. The topological polar surface area (TPSA) is 69.9 Å². The molecule has 0 fully saturated rings. The second kappa shape index (κ2) is 7.12. The minimum Gasteiger partial charge on any atom is -0.454 e. The monoisotopic (exact) mass is 366 g/mol. The van der Waals surface area contributed by atoms with E-state index in [1.165, 1.54) is 18.0 Å². The number of benzene rings is 1. The van der Waals surface area contributed by atoms with Gasteiger partial charge in [0, 0.05) is 17.2 Å². The van der Waals surface area contributed by atoms with Crippen molar-refractivity contribution in [1.29, 1.82) is 0 Å². The summed E-state index contributed by atoms with van der Waals surface area (Å²) in [5, 5.41) is 4.52. The van der Waals surface area contributed by atoms with Gasteiger partial charge in [0.15, 0.2) is 10.9 Å². The third kappa shape index (κ3) is 3.39. The fraction of sp³-hybridized carbons (Fsp3) is 0.143. The van der Waals surface area contributed by atoms with Gasteiger partial charge in [-0.3, -0.25) is 4.57 Å². The highest BCUT2D eigenvalue weighted by Gasteiger charge is 2.19. The van der Waals surface area contributed by atoms with Crippen LogP contribution in [-0.2, 0) is 11.3 Å². The Hall–Kier alpha value is -1.90. The molecule has 0 aliphatic carbocycles. The van der Waals surface area contributed by atoms with E-state index in [2.05, 4.69) is 14.6 Å². The van der Waals surface area contributed by atoms with Crippen molar-refractivity contribution in [3.63, 3.8) is 0 Å². The molecule has 3 aromatic rings. The highest BCUT2D eigenvalue weighted by atomic mass is 35.5. The third-order valence-electron chi connectivity index (χ3n) is 2.98. The van der Waals surface area contributed by atoms with Gasteiger partial charge in [-0.2, -0.15) is 0 Å². The van der Waals surface area contributed by atoms with E-state index in [1.54, 1.807) is 4.57 Å². The highest BCUT2D eigenvalue weighted by Crippen LogP contribution is 2.23. The summed E-state index contributed by atoms with van der Waals surface area (Å²) in [6.07, 6.45) is 3.40. The number of rotatable bonds is 5. The zero-order valence-corrected chi connectivity index (χ0v) is 14.4. The van der Waals surface area contributed by atoms with Crippen LogP contribution in [0.2, 0.25) is 4.34 Å². The molecule has 118 valence electrons. The van der Waals surface area contributed by atoms with E-state index in [0.717, 1.165) is 17.2 Å². The van der Waals surface area contributed by atoms with Gasteiger partial charge >= 0.3 is 5.97 Å². The molecule has 0 saturated carbocycles. The Bertz CT molecular complexity index is 819. The first kappa shape index (κ1) is 16.0. The zero-order valence-electron chi connectivity index (χ0n) is 12.0. The molecule has 0 saturated heterocycles. The van der Waals surface area contributed by atoms with E-state index >= 15 is 0 Å². The Morgan fingerprint density at radius 2 is 2.17 bits per heavy atom. The first-order valence-electron chi connectivity index (χ1n) is 6.51. The van der Waals surface area contributed by atoms with Gasteiger partial charge in [0.05, 0.1) is 6.20 Å². The maximum atomic E-state index is 12.4. The Balaban J connectivity index is 1.86. The van der Waals surface area contributed by atoms with Crippen LogP contribution < -0.4 is 0 Å². The molecule has 2 heterocycles. The number of imidazole rings is 1. The molecule has 0 spiro atoms. The molecule has 0 aliphatic rings. The number of hydrogen-bond acceptors (Lipinski definition) is 7. The molecule has 2 aromatic heterocycles. The van der Waals surface area contributed by atoms with Gasteiger partial charge in [-0.05, 0) is 18.4 Å². The Kier molecular flexibility index (Phi) is 4.94. The van der Waals surface area contributed by atoms with Crippen LogP contribution in [0.4, 0.5) is 0 Å². The third-order valence-corrected chi connectivity index (χ3v) is 4.62. The lowest BCUT2D eigenvalue weighted by Crippen LogP contribution is -2.12. The SMILES string of the molecule is CSc1ncc(C(=O)OCc2nnsc2Cl)n1-c1ccccc1. The predicted octanol–water partition coefficient (Wildman–Crippen LogP) is 3.46. The molecule has 0 unspecified atom stereocenters. The van der Waals surface area contributed by atoms with Gasteiger partial charge < -0.3 is 4.74 Å². The molecular weight excluding hydrogens is 356 g/mol. The van der Waals surface area contributed by atoms with E-state index < -0.39 is 5.97 Å². The lowest BCUT2D eigenvalue weighted by atomic mass is 10.3. The van der Waals surface area contributed by atoms with E-state index in [0.29, 0.717) is 20.9 Å². The van der Waals surface area contributed by atoms with Crippen LogP contribution in [0.3, 0.4) is 0 Å². The first-order valence-corrected chi connectivity index (χ1v) is 8.89. The maximum Gasteiger partial charge on any atom is 0.357 e.